The van der Waals surface area contributed by atoms with E-state index < -0.39 is 17.4 Å². The first-order chi connectivity index (χ1) is 14.7. The van der Waals surface area contributed by atoms with Gasteiger partial charge in [0.05, 0.1) is 12.8 Å². The number of thiazole rings is 1. The average molecular weight is 440 g/mol. The number of ketones is 1. The molecule has 4 rings (SSSR count). The maximum absolute atomic E-state index is 12.7. The van der Waals surface area contributed by atoms with Gasteiger partial charge in [-0.05, 0) is 24.0 Å². The van der Waals surface area contributed by atoms with Crippen LogP contribution in [0.1, 0.15) is 57.2 Å². The number of nitrogens with zero attached hydrogens (tertiary/aromatic N) is 1. The summed E-state index contributed by atoms with van der Waals surface area (Å²) in [7, 11) is 1.29. The number of nitrogens with one attached hydrogen (secondary N) is 3. The molecule has 0 aromatic carbocycles. The van der Waals surface area contributed by atoms with Gasteiger partial charge in [0.25, 0.3) is 11.5 Å². The highest BCUT2D eigenvalue weighted by Gasteiger charge is 2.32. The molecular weight excluding hydrogens is 420 g/mol. The van der Waals surface area contributed by atoms with E-state index in [1.165, 1.54) is 24.5 Å². The molecule has 0 aliphatic heterocycles. The second-order valence-electron chi connectivity index (χ2n) is 8.13. The lowest BCUT2D eigenvalue weighted by Gasteiger charge is -2.29. The SMILES string of the molecule is COC(=O)c1cc(-c2csc(NC(=O)c3cc4c([nH]c3=O)CC(C)(C)CC4=O)n2)c[nH]1. The molecule has 0 unspecified atom stereocenters. The Morgan fingerprint density at radius 3 is 2.74 bits per heavy atom. The Balaban J connectivity index is 1.55. The third kappa shape index (κ3) is 4.06. The van der Waals surface area contributed by atoms with Crippen LogP contribution in [-0.2, 0) is 11.2 Å². The monoisotopic (exact) mass is 440 g/mol. The van der Waals surface area contributed by atoms with Gasteiger partial charge in [0, 0.05) is 34.8 Å². The second kappa shape index (κ2) is 7.62. The molecule has 31 heavy (non-hydrogen) atoms. The van der Waals surface area contributed by atoms with E-state index in [1.807, 2.05) is 13.8 Å². The predicted octanol–water partition coefficient (Wildman–Crippen LogP) is 3.02. The zero-order chi connectivity index (χ0) is 22.3. The molecule has 160 valence electrons. The number of esters is 1. The van der Waals surface area contributed by atoms with E-state index in [4.69, 9.17) is 0 Å². The van der Waals surface area contributed by atoms with Crippen LogP contribution < -0.4 is 10.9 Å². The van der Waals surface area contributed by atoms with E-state index in [1.54, 1.807) is 17.6 Å². The summed E-state index contributed by atoms with van der Waals surface area (Å²) in [4.78, 5) is 59.0. The number of hydrogen-bond acceptors (Lipinski definition) is 7. The molecule has 1 amide bonds. The number of Topliss-reactive ketones (excluding diaryl/α,β-unsaturated/α-hetero) is 1. The third-order valence-corrected chi connectivity index (χ3v) is 5.83. The van der Waals surface area contributed by atoms with Crippen molar-refractivity contribution in [3.8, 4) is 11.3 Å². The van der Waals surface area contributed by atoms with Gasteiger partial charge in [0.15, 0.2) is 10.9 Å². The molecule has 0 atom stereocenters. The number of fused-ring (bicyclic) bond motifs is 1. The van der Waals surface area contributed by atoms with Crippen molar-refractivity contribution >= 4 is 34.1 Å². The van der Waals surface area contributed by atoms with Crippen molar-refractivity contribution in [3.05, 3.63) is 56.6 Å². The molecule has 3 aromatic rings. The van der Waals surface area contributed by atoms with Gasteiger partial charge in [0.1, 0.15) is 11.3 Å². The van der Waals surface area contributed by atoms with Gasteiger partial charge in [-0.2, -0.15) is 0 Å². The highest BCUT2D eigenvalue weighted by atomic mass is 32.1. The summed E-state index contributed by atoms with van der Waals surface area (Å²) < 4.78 is 4.66. The molecule has 1 aliphatic carbocycles. The van der Waals surface area contributed by atoms with E-state index in [9.17, 15) is 19.2 Å². The maximum atomic E-state index is 12.7. The van der Waals surface area contributed by atoms with E-state index in [2.05, 4.69) is 25.0 Å². The number of aromatic amines is 2. The Bertz CT molecular complexity index is 1270. The normalized spacial score (nSPS) is 14.7. The van der Waals surface area contributed by atoms with Crippen molar-refractivity contribution in [2.75, 3.05) is 12.4 Å². The summed E-state index contributed by atoms with van der Waals surface area (Å²) in [5, 5.41) is 4.60. The van der Waals surface area contributed by atoms with Gasteiger partial charge in [0.2, 0.25) is 0 Å². The fraction of sp³-hybridized carbons (Fsp3) is 0.286. The topological polar surface area (TPSA) is 134 Å². The number of aromatic nitrogens is 3. The third-order valence-electron chi connectivity index (χ3n) is 5.07. The first-order valence-electron chi connectivity index (χ1n) is 9.50. The standard InChI is InChI=1S/C21H20N4O5S/c1-21(2)6-14-11(16(26)7-21)5-12(17(27)23-14)18(28)25-20-24-15(9-31-20)10-4-13(22-8-10)19(29)30-3/h4-5,8-9,22H,6-7H2,1-3H3,(H,23,27)(H,24,25,28). The molecule has 10 heteroatoms. The molecule has 0 saturated heterocycles. The van der Waals surface area contributed by atoms with Crippen LogP contribution in [0.15, 0.2) is 28.5 Å². The van der Waals surface area contributed by atoms with Crippen molar-refractivity contribution in [2.24, 2.45) is 5.41 Å². The van der Waals surface area contributed by atoms with Gasteiger partial charge >= 0.3 is 5.97 Å². The van der Waals surface area contributed by atoms with Crippen LogP contribution in [0, 0.1) is 5.41 Å². The molecule has 3 aromatic heterocycles. The number of rotatable bonds is 4. The van der Waals surface area contributed by atoms with Gasteiger partial charge in [-0.15, -0.1) is 11.3 Å². The lowest BCUT2D eigenvalue weighted by molar-refractivity contribution is 0.0594. The number of H-pyrrole nitrogens is 2. The highest BCUT2D eigenvalue weighted by Crippen LogP contribution is 2.33. The first kappa shape index (κ1) is 20.7. The van der Waals surface area contributed by atoms with Crippen molar-refractivity contribution in [2.45, 2.75) is 26.7 Å². The Morgan fingerprint density at radius 2 is 2.00 bits per heavy atom. The van der Waals surface area contributed by atoms with Crippen LogP contribution in [0.2, 0.25) is 0 Å². The van der Waals surface area contributed by atoms with Gasteiger partial charge < -0.3 is 14.7 Å². The molecule has 1 aliphatic rings. The Morgan fingerprint density at radius 1 is 1.23 bits per heavy atom. The second-order valence-corrected chi connectivity index (χ2v) is 8.99. The minimum absolute atomic E-state index is 0.0954. The number of carbonyl (C=O) groups is 3. The minimum Gasteiger partial charge on any atom is -0.464 e. The fourth-order valence-electron chi connectivity index (χ4n) is 3.59. The number of anilines is 1. The minimum atomic E-state index is -0.646. The zero-order valence-electron chi connectivity index (χ0n) is 17.1. The molecule has 0 saturated carbocycles. The lowest BCUT2D eigenvalue weighted by atomic mass is 9.75. The summed E-state index contributed by atoms with van der Waals surface area (Å²) in [6.45, 7) is 3.93. The number of amides is 1. The summed E-state index contributed by atoms with van der Waals surface area (Å²) in [5.41, 5.74) is 1.50. The van der Waals surface area contributed by atoms with Crippen LogP contribution in [0.4, 0.5) is 5.13 Å². The Labute approximate surface area is 180 Å². The molecule has 9 nitrogen and oxygen atoms in total. The molecular formula is C21H20N4O5S. The Hall–Kier alpha value is -3.53. The maximum Gasteiger partial charge on any atom is 0.354 e. The van der Waals surface area contributed by atoms with Crippen molar-refractivity contribution in [1.82, 2.24) is 15.0 Å². The number of carbonyl (C=O) groups excluding carboxylic acids is 3. The summed E-state index contributed by atoms with van der Waals surface area (Å²) in [5.74, 6) is -1.24. The molecule has 3 N–H and O–H groups in total. The predicted molar refractivity (Wildman–Crippen MR) is 115 cm³/mol. The van der Waals surface area contributed by atoms with E-state index in [-0.39, 0.29) is 27.6 Å². The van der Waals surface area contributed by atoms with Crippen LogP contribution in [0.5, 0.6) is 0 Å². The fourth-order valence-corrected chi connectivity index (χ4v) is 4.31. The van der Waals surface area contributed by atoms with E-state index in [0.29, 0.717) is 35.4 Å². The number of methoxy groups -OCH3 is 1. The van der Waals surface area contributed by atoms with E-state index in [0.717, 1.165) is 0 Å². The summed E-state index contributed by atoms with van der Waals surface area (Å²) in [6.07, 6.45) is 2.52. The van der Waals surface area contributed by atoms with Crippen LogP contribution >= 0.6 is 11.3 Å². The molecule has 0 spiro atoms. The number of hydrogen-bond donors (Lipinski definition) is 3. The smallest absolute Gasteiger partial charge is 0.354 e. The van der Waals surface area contributed by atoms with Gasteiger partial charge in [-0.25, -0.2) is 9.78 Å². The van der Waals surface area contributed by atoms with Gasteiger partial charge in [-0.1, -0.05) is 13.8 Å². The van der Waals surface area contributed by atoms with Crippen LogP contribution in [0.3, 0.4) is 0 Å². The Kier molecular flexibility index (Phi) is 5.10. The van der Waals surface area contributed by atoms with Crippen molar-refractivity contribution in [3.63, 3.8) is 0 Å². The number of ether oxygens (including phenoxy) is 1. The lowest BCUT2D eigenvalue weighted by Crippen LogP contribution is -2.32. The molecule has 0 bridgehead atoms. The van der Waals surface area contributed by atoms with Crippen LogP contribution in [-0.4, -0.2) is 39.7 Å². The quantitative estimate of drug-likeness (QED) is 0.534. The van der Waals surface area contributed by atoms with E-state index >= 15 is 0 Å². The van der Waals surface area contributed by atoms with Crippen LogP contribution in [0.25, 0.3) is 11.3 Å². The largest absolute Gasteiger partial charge is 0.464 e. The molecule has 0 radical (unpaired) electrons. The van der Waals surface area contributed by atoms with Gasteiger partial charge in [-0.3, -0.25) is 19.7 Å². The number of pyridine rings is 1. The van der Waals surface area contributed by atoms with Crippen molar-refractivity contribution < 1.29 is 19.1 Å². The van der Waals surface area contributed by atoms with Crippen molar-refractivity contribution in [1.29, 1.82) is 0 Å². The average Bonchev–Trinajstić information content (AvgIpc) is 3.35. The summed E-state index contributed by atoms with van der Waals surface area (Å²) in [6, 6.07) is 2.96. The molecule has 3 heterocycles. The summed E-state index contributed by atoms with van der Waals surface area (Å²) >= 11 is 1.17. The first-order valence-corrected chi connectivity index (χ1v) is 10.4. The molecule has 0 fully saturated rings. The highest BCUT2D eigenvalue weighted by molar-refractivity contribution is 7.14. The zero-order valence-corrected chi connectivity index (χ0v) is 17.9.